The van der Waals surface area contributed by atoms with Crippen LogP contribution in [0.5, 0.6) is 5.75 Å². The highest BCUT2D eigenvalue weighted by Gasteiger charge is 2.19. The highest BCUT2D eigenvalue weighted by atomic mass is 35.5. The number of hydrogen-bond donors (Lipinski definition) is 1. The Hall–Kier alpha value is -2.15. The van der Waals surface area contributed by atoms with E-state index in [0.717, 1.165) is 42.8 Å². The Morgan fingerprint density at radius 2 is 2.15 bits per heavy atom. The van der Waals surface area contributed by atoms with E-state index in [1.807, 2.05) is 31.3 Å². The van der Waals surface area contributed by atoms with E-state index in [0.29, 0.717) is 16.3 Å². The molecular weight excluding hydrogens is 352 g/mol. The third-order valence-electron chi connectivity index (χ3n) is 4.79. The Labute approximate surface area is 157 Å². The van der Waals surface area contributed by atoms with Crippen molar-refractivity contribution in [2.45, 2.75) is 19.6 Å². The molecule has 1 aromatic carbocycles. The van der Waals surface area contributed by atoms with Crippen LogP contribution in [0.3, 0.4) is 0 Å². The van der Waals surface area contributed by atoms with Gasteiger partial charge in [-0.1, -0.05) is 11.6 Å². The Morgan fingerprint density at radius 1 is 1.31 bits per heavy atom. The standard InChI is InChI=1S/C19H21ClN4O2/c1-12-7-14(20)9-17(25)18(12)16-8-13-3-4-24(19(13)22-21-16)11-15-10-23(2)5-6-26-15/h3-4,7-9,15,25H,5-6,10-11H2,1-2H3. The second-order valence-corrected chi connectivity index (χ2v) is 7.28. The number of rotatable bonds is 3. The van der Waals surface area contributed by atoms with Crippen LogP contribution in [0.1, 0.15) is 5.56 Å². The fraction of sp³-hybridized carbons (Fsp3) is 0.368. The quantitative estimate of drug-likeness (QED) is 0.765. The van der Waals surface area contributed by atoms with Crippen molar-refractivity contribution < 1.29 is 9.84 Å². The zero-order chi connectivity index (χ0) is 18.3. The van der Waals surface area contributed by atoms with Crippen molar-refractivity contribution in [1.82, 2.24) is 19.7 Å². The van der Waals surface area contributed by atoms with Gasteiger partial charge in [-0.25, -0.2) is 0 Å². The summed E-state index contributed by atoms with van der Waals surface area (Å²) in [5.74, 6) is 0.113. The number of morpholine rings is 1. The molecule has 1 N–H and O–H groups in total. The minimum Gasteiger partial charge on any atom is -0.507 e. The van der Waals surface area contributed by atoms with Crippen molar-refractivity contribution in [1.29, 1.82) is 0 Å². The van der Waals surface area contributed by atoms with E-state index in [1.165, 1.54) is 6.07 Å². The van der Waals surface area contributed by atoms with E-state index >= 15 is 0 Å². The Bertz CT molecular complexity index is 933. The van der Waals surface area contributed by atoms with Crippen LogP contribution in [0.2, 0.25) is 5.02 Å². The largest absolute Gasteiger partial charge is 0.507 e. The highest BCUT2D eigenvalue weighted by molar-refractivity contribution is 6.31. The molecule has 2 aromatic heterocycles. The molecule has 0 bridgehead atoms. The molecule has 3 heterocycles. The van der Waals surface area contributed by atoms with Crippen LogP contribution < -0.4 is 0 Å². The zero-order valence-corrected chi connectivity index (χ0v) is 15.6. The maximum Gasteiger partial charge on any atom is 0.162 e. The molecule has 0 aliphatic carbocycles. The number of benzene rings is 1. The smallest absolute Gasteiger partial charge is 0.162 e. The van der Waals surface area contributed by atoms with Crippen LogP contribution >= 0.6 is 11.6 Å². The Kier molecular flexibility index (Phi) is 4.56. The molecule has 0 spiro atoms. The fourth-order valence-electron chi connectivity index (χ4n) is 3.51. The van der Waals surface area contributed by atoms with Crippen LogP contribution in [0.25, 0.3) is 22.3 Å². The number of aromatic hydroxyl groups is 1. The highest BCUT2D eigenvalue weighted by Crippen LogP contribution is 2.34. The molecular formula is C19H21ClN4O2. The molecule has 1 aliphatic rings. The van der Waals surface area contributed by atoms with Gasteiger partial charge in [0.1, 0.15) is 5.75 Å². The third kappa shape index (κ3) is 3.28. The summed E-state index contributed by atoms with van der Waals surface area (Å²) in [5, 5.41) is 20.5. The Balaban J connectivity index is 1.66. The molecule has 0 amide bonds. The number of aromatic nitrogens is 3. The van der Waals surface area contributed by atoms with Crippen molar-refractivity contribution in [3.05, 3.63) is 41.0 Å². The first-order chi connectivity index (χ1) is 12.5. The SMILES string of the molecule is Cc1cc(Cl)cc(O)c1-c1cc2ccn(CC3CN(C)CCO3)c2nn1. The van der Waals surface area contributed by atoms with Gasteiger partial charge in [0.25, 0.3) is 0 Å². The molecule has 1 fully saturated rings. The second-order valence-electron chi connectivity index (χ2n) is 6.85. The first kappa shape index (κ1) is 17.3. The summed E-state index contributed by atoms with van der Waals surface area (Å²) < 4.78 is 7.92. The molecule has 4 rings (SSSR count). The average Bonchev–Trinajstić information content (AvgIpc) is 2.96. The lowest BCUT2D eigenvalue weighted by Crippen LogP contribution is -2.41. The fourth-order valence-corrected chi connectivity index (χ4v) is 3.78. The summed E-state index contributed by atoms with van der Waals surface area (Å²) in [6.45, 7) is 5.27. The molecule has 6 nitrogen and oxygen atoms in total. The van der Waals surface area contributed by atoms with Gasteiger partial charge in [0.05, 0.1) is 24.9 Å². The topological polar surface area (TPSA) is 63.4 Å². The van der Waals surface area contributed by atoms with Gasteiger partial charge in [-0.2, -0.15) is 0 Å². The van der Waals surface area contributed by atoms with E-state index in [-0.39, 0.29) is 11.9 Å². The maximum atomic E-state index is 10.3. The number of fused-ring (bicyclic) bond motifs is 1. The van der Waals surface area contributed by atoms with Gasteiger partial charge in [-0.3, -0.25) is 0 Å². The molecule has 136 valence electrons. The molecule has 3 aromatic rings. The van der Waals surface area contributed by atoms with Crippen LogP contribution in [0.4, 0.5) is 0 Å². The molecule has 0 radical (unpaired) electrons. The minimum absolute atomic E-state index is 0.113. The second kappa shape index (κ2) is 6.87. The first-order valence-electron chi connectivity index (χ1n) is 8.63. The van der Waals surface area contributed by atoms with Gasteiger partial charge >= 0.3 is 0 Å². The summed E-state index contributed by atoms with van der Waals surface area (Å²) in [6, 6.07) is 7.30. The van der Waals surface area contributed by atoms with E-state index in [2.05, 4.69) is 26.7 Å². The number of halogens is 1. The lowest BCUT2D eigenvalue weighted by Gasteiger charge is -2.30. The molecule has 1 aliphatic heterocycles. The van der Waals surface area contributed by atoms with Crippen LogP contribution in [0, 0.1) is 6.92 Å². The number of aryl methyl sites for hydroxylation is 1. The van der Waals surface area contributed by atoms with Gasteiger partial charge in [-0.05, 0) is 43.8 Å². The van der Waals surface area contributed by atoms with Gasteiger partial charge in [-0.15, -0.1) is 10.2 Å². The predicted octanol–water partition coefficient (Wildman–Crippen LogP) is 3.10. The normalized spacial score (nSPS) is 18.5. The Morgan fingerprint density at radius 3 is 2.92 bits per heavy atom. The summed E-state index contributed by atoms with van der Waals surface area (Å²) in [5.41, 5.74) is 2.97. The van der Waals surface area contributed by atoms with Gasteiger partial charge in [0.2, 0.25) is 0 Å². The van der Waals surface area contributed by atoms with E-state index in [1.54, 1.807) is 0 Å². The number of likely N-dealkylation sites (N-methyl/N-ethyl adjacent to an activating group) is 1. The van der Waals surface area contributed by atoms with Crippen LogP contribution in [-0.4, -0.2) is 57.6 Å². The van der Waals surface area contributed by atoms with Crippen LogP contribution in [-0.2, 0) is 11.3 Å². The number of phenolic OH excluding ortho intramolecular Hbond substituents is 1. The predicted molar refractivity (Wildman–Crippen MR) is 102 cm³/mol. The van der Waals surface area contributed by atoms with Gasteiger partial charge in [0, 0.05) is 35.3 Å². The van der Waals surface area contributed by atoms with Crippen LogP contribution in [0.15, 0.2) is 30.5 Å². The van der Waals surface area contributed by atoms with Crippen molar-refractivity contribution in [2.75, 3.05) is 26.7 Å². The van der Waals surface area contributed by atoms with E-state index < -0.39 is 0 Å². The first-order valence-corrected chi connectivity index (χ1v) is 9.01. The molecule has 0 saturated carbocycles. The molecule has 1 atom stereocenters. The van der Waals surface area contributed by atoms with Crippen molar-refractivity contribution >= 4 is 22.6 Å². The molecule has 26 heavy (non-hydrogen) atoms. The number of hydrogen-bond acceptors (Lipinski definition) is 5. The maximum absolute atomic E-state index is 10.3. The summed E-state index contributed by atoms with van der Waals surface area (Å²) in [6.07, 6.45) is 2.16. The number of phenols is 1. The van der Waals surface area contributed by atoms with Crippen molar-refractivity contribution in [2.24, 2.45) is 0 Å². The van der Waals surface area contributed by atoms with E-state index in [9.17, 15) is 5.11 Å². The number of ether oxygens (including phenoxy) is 1. The lowest BCUT2D eigenvalue weighted by atomic mass is 10.0. The minimum atomic E-state index is 0.113. The third-order valence-corrected chi connectivity index (χ3v) is 5.01. The molecule has 1 saturated heterocycles. The summed E-state index contributed by atoms with van der Waals surface area (Å²) in [7, 11) is 2.11. The van der Waals surface area contributed by atoms with E-state index in [4.69, 9.17) is 16.3 Å². The summed E-state index contributed by atoms with van der Waals surface area (Å²) in [4.78, 5) is 2.27. The van der Waals surface area contributed by atoms with Gasteiger partial charge in [0.15, 0.2) is 5.65 Å². The molecule has 1 unspecified atom stereocenters. The van der Waals surface area contributed by atoms with Crippen molar-refractivity contribution in [3.63, 3.8) is 0 Å². The summed E-state index contributed by atoms with van der Waals surface area (Å²) >= 11 is 6.00. The number of nitrogens with zero attached hydrogens (tertiary/aromatic N) is 4. The monoisotopic (exact) mass is 372 g/mol. The van der Waals surface area contributed by atoms with Gasteiger partial charge < -0.3 is 19.3 Å². The average molecular weight is 373 g/mol. The zero-order valence-electron chi connectivity index (χ0n) is 14.8. The van der Waals surface area contributed by atoms with Crippen molar-refractivity contribution in [3.8, 4) is 17.0 Å². The molecule has 7 heteroatoms. The lowest BCUT2D eigenvalue weighted by molar-refractivity contribution is -0.0269.